The molecule has 2 fully saturated rings. The summed E-state index contributed by atoms with van der Waals surface area (Å²) < 4.78 is 5.18. The Bertz CT molecular complexity index is 129. The van der Waals surface area contributed by atoms with Crippen LogP contribution in [0.1, 0.15) is 25.7 Å². The highest BCUT2D eigenvalue weighted by Gasteiger charge is 2.45. The van der Waals surface area contributed by atoms with E-state index in [9.17, 15) is 5.11 Å². The van der Waals surface area contributed by atoms with Crippen LogP contribution in [-0.2, 0) is 4.74 Å². The first-order valence-electron chi connectivity index (χ1n) is 4.56. The van der Waals surface area contributed by atoms with E-state index in [0.717, 1.165) is 19.1 Å². The number of hydrogen-bond acceptors (Lipinski definition) is 2. The number of hydrogen-bond donors (Lipinski definition) is 1. The zero-order valence-corrected chi connectivity index (χ0v) is 6.88. The second-order valence-corrected chi connectivity index (χ2v) is 3.99. The van der Waals surface area contributed by atoms with Gasteiger partial charge in [-0.2, -0.15) is 0 Å². The van der Waals surface area contributed by atoms with Gasteiger partial charge >= 0.3 is 0 Å². The molecule has 1 N–H and O–H groups in total. The summed E-state index contributed by atoms with van der Waals surface area (Å²) >= 11 is 0. The van der Waals surface area contributed by atoms with E-state index >= 15 is 0 Å². The molecule has 0 amide bonds. The first-order valence-corrected chi connectivity index (χ1v) is 4.56. The largest absolute Gasteiger partial charge is 0.396 e. The third-order valence-electron chi connectivity index (χ3n) is 3.32. The summed E-state index contributed by atoms with van der Waals surface area (Å²) in [6.45, 7) is 1.93. The van der Waals surface area contributed by atoms with Crippen molar-refractivity contribution in [3.63, 3.8) is 0 Å². The highest BCUT2D eigenvalue weighted by Crippen LogP contribution is 2.44. The van der Waals surface area contributed by atoms with Gasteiger partial charge in [0.2, 0.25) is 0 Å². The molecule has 1 heterocycles. The maximum Gasteiger partial charge on any atom is 0.0569 e. The summed E-state index contributed by atoms with van der Waals surface area (Å²) in [6, 6.07) is 0. The number of aliphatic hydroxyl groups excluding tert-OH is 1. The Morgan fingerprint density at radius 3 is 2.27 bits per heavy atom. The van der Waals surface area contributed by atoms with Crippen LogP contribution in [0.5, 0.6) is 0 Å². The molecule has 2 heteroatoms. The molecule has 0 atom stereocenters. The first-order chi connectivity index (χ1) is 5.37. The van der Waals surface area contributed by atoms with E-state index in [1.807, 2.05) is 0 Å². The summed E-state index contributed by atoms with van der Waals surface area (Å²) in [5.41, 5.74) is 0.177. The van der Waals surface area contributed by atoms with Gasteiger partial charge in [0.25, 0.3) is 0 Å². The van der Waals surface area contributed by atoms with Crippen molar-refractivity contribution in [3.05, 3.63) is 0 Å². The lowest BCUT2D eigenvalue weighted by Crippen LogP contribution is -2.50. The molecule has 2 rings (SSSR count). The van der Waals surface area contributed by atoms with E-state index in [4.69, 9.17) is 4.74 Å². The van der Waals surface area contributed by atoms with Gasteiger partial charge in [-0.3, -0.25) is 0 Å². The van der Waals surface area contributed by atoms with E-state index in [-0.39, 0.29) is 5.41 Å². The van der Waals surface area contributed by atoms with Crippen molar-refractivity contribution in [3.8, 4) is 0 Å². The number of rotatable bonds is 2. The molecule has 0 unspecified atom stereocenters. The van der Waals surface area contributed by atoms with Crippen molar-refractivity contribution < 1.29 is 9.84 Å². The average molecular weight is 156 g/mol. The van der Waals surface area contributed by atoms with Crippen LogP contribution in [0.25, 0.3) is 0 Å². The highest BCUT2D eigenvalue weighted by atomic mass is 16.5. The van der Waals surface area contributed by atoms with Gasteiger partial charge in [-0.05, 0) is 18.8 Å². The molecule has 64 valence electrons. The lowest BCUT2D eigenvalue weighted by molar-refractivity contribution is -0.166. The third-order valence-corrected chi connectivity index (χ3v) is 3.32. The second kappa shape index (κ2) is 2.76. The molecule has 0 aromatic rings. The Hall–Kier alpha value is -0.0800. The van der Waals surface area contributed by atoms with Crippen molar-refractivity contribution >= 4 is 0 Å². The van der Waals surface area contributed by atoms with E-state index in [2.05, 4.69) is 0 Å². The van der Waals surface area contributed by atoms with Crippen LogP contribution in [0.4, 0.5) is 0 Å². The molecule has 2 nitrogen and oxygen atoms in total. The maximum absolute atomic E-state index is 9.22. The summed E-state index contributed by atoms with van der Waals surface area (Å²) in [5.74, 6) is 0.751. The van der Waals surface area contributed by atoms with Crippen LogP contribution < -0.4 is 0 Å². The zero-order chi connectivity index (χ0) is 7.73. The van der Waals surface area contributed by atoms with Crippen molar-refractivity contribution in [1.82, 2.24) is 0 Å². The fourth-order valence-electron chi connectivity index (χ4n) is 2.36. The standard InChI is InChI=1S/C9H16O2/c10-5-9(6-11-7-9)8-3-1-2-4-8/h8,10H,1-7H2. The van der Waals surface area contributed by atoms with Crippen molar-refractivity contribution in [1.29, 1.82) is 0 Å². The van der Waals surface area contributed by atoms with Gasteiger partial charge in [0.15, 0.2) is 0 Å². The van der Waals surface area contributed by atoms with E-state index in [0.29, 0.717) is 6.61 Å². The smallest absolute Gasteiger partial charge is 0.0569 e. The molecule has 1 saturated carbocycles. The average Bonchev–Trinajstić information content (AvgIpc) is 2.39. The molecule has 1 aliphatic heterocycles. The lowest BCUT2D eigenvalue weighted by atomic mass is 9.73. The summed E-state index contributed by atoms with van der Waals surface area (Å²) in [4.78, 5) is 0. The van der Waals surface area contributed by atoms with Crippen molar-refractivity contribution in [2.45, 2.75) is 25.7 Å². The molecule has 1 aliphatic carbocycles. The Kier molecular flexibility index (Phi) is 1.90. The predicted octanol–water partition coefficient (Wildman–Crippen LogP) is 1.19. The van der Waals surface area contributed by atoms with Gasteiger partial charge in [0, 0.05) is 5.41 Å². The normalized spacial score (nSPS) is 30.3. The maximum atomic E-state index is 9.22. The fraction of sp³-hybridized carbons (Fsp3) is 1.00. The molecule has 0 radical (unpaired) electrons. The molecular weight excluding hydrogens is 140 g/mol. The topological polar surface area (TPSA) is 29.5 Å². The molecule has 0 bridgehead atoms. The quantitative estimate of drug-likeness (QED) is 0.650. The number of ether oxygens (including phenoxy) is 1. The van der Waals surface area contributed by atoms with E-state index in [1.165, 1.54) is 25.7 Å². The van der Waals surface area contributed by atoms with E-state index in [1.54, 1.807) is 0 Å². The molecule has 0 aromatic heterocycles. The van der Waals surface area contributed by atoms with Crippen LogP contribution in [0.3, 0.4) is 0 Å². The Morgan fingerprint density at radius 2 is 1.91 bits per heavy atom. The minimum atomic E-state index is 0.177. The summed E-state index contributed by atoms with van der Waals surface area (Å²) in [5, 5.41) is 9.22. The van der Waals surface area contributed by atoms with Gasteiger partial charge in [0.05, 0.1) is 19.8 Å². The Labute approximate surface area is 67.6 Å². The van der Waals surface area contributed by atoms with Gasteiger partial charge < -0.3 is 9.84 Å². The minimum Gasteiger partial charge on any atom is -0.396 e. The molecule has 11 heavy (non-hydrogen) atoms. The van der Waals surface area contributed by atoms with Gasteiger partial charge in [0.1, 0.15) is 0 Å². The first kappa shape index (κ1) is 7.56. The van der Waals surface area contributed by atoms with Crippen LogP contribution in [0, 0.1) is 11.3 Å². The Morgan fingerprint density at radius 1 is 1.27 bits per heavy atom. The van der Waals surface area contributed by atoms with Crippen LogP contribution in [0.15, 0.2) is 0 Å². The van der Waals surface area contributed by atoms with Crippen LogP contribution >= 0.6 is 0 Å². The van der Waals surface area contributed by atoms with Crippen molar-refractivity contribution in [2.24, 2.45) is 11.3 Å². The van der Waals surface area contributed by atoms with Crippen LogP contribution in [-0.4, -0.2) is 24.9 Å². The molecular formula is C9H16O2. The van der Waals surface area contributed by atoms with Crippen molar-refractivity contribution in [2.75, 3.05) is 19.8 Å². The van der Waals surface area contributed by atoms with Gasteiger partial charge in [-0.1, -0.05) is 12.8 Å². The zero-order valence-electron chi connectivity index (χ0n) is 6.88. The highest BCUT2D eigenvalue weighted by molar-refractivity contribution is 4.93. The SMILES string of the molecule is OCC1(C2CCCC2)COC1. The second-order valence-electron chi connectivity index (χ2n) is 3.99. The predicted molar refractivity (Wildman–Crippen MR) is 42.3 cm³/mol. The monoisotopic (exact) mass is 156 g/mol. The molecule has 1 saturated heterocycles. The summed E-state index contributed by atoms with van der Waals surface area (Å²) in [7, 11) is 0. The van der Waals surface area contributed by atoms with E-state index < -0.39 is 0 Å². The molecule has 0 aromatic carbocycles. The molecule has 0 spiro atoms. The molecule has 2 aliphatic rings. The van der Waals surface area contributed by atoms with Gasteiger partial charge in [-0.25, -0.2) is 0 Å². The fourth-order valence-corrected chi connectivity index (χ4v) is 2.36. The Balaban J connectivity index is 1.99. The van der Waals surface area contributed by atoms with Gasteiger partial charge in [-0.15, -0.1) is 0 Å². The van der Waals surface area contributed by atoms with Crippen LogP contribution in [0.2, 0.25) is 0 Å². The number of aliphatic hydroxyl groups is 1. The third kappa shape index (κ3) is 1.09. The lowest BCUT2D eigenvalue weighted by Gasteiger charge is -2.44. The summed E-state index contributed by atoms with van der Waals surface area (Å²) in [6.07, 6.45) is 5.33. The minimum absolute atomic E-state index is 0.177.